The minimum atomic E-state index is 0.185. The van der Waals surface area contributed by atoms with Gasteiger partial charge in [-0.05, 0) is 62.5 Å². The first-order valence-electron chi connectivity index (χ1n) is 9.28. The maximum atomic E-state index is 12.3. The molecule has 1 heterocycles. The van der Waals surface area contributed by atoms with Crippen molar-refractivity contribution in [3.05, 3.63) is 35.4 Å². The number of hydrogen-bond donors (Lipinski definition) is 1. The highest BCUT2D eigenvalue weighted by Crippen LogP contribution is 2.47. The molecule has 1 N–H and O–H groups in total. The molecule has 1 saturated heterocycles. The maximum absolute atomic E-state index is 12.3. The van der Waals surface area contributed by atoms with E-state index in [0.29, 0.717) is 18.4 Å². The molecule has 1 aliphatic heterocycles. The average Bonchev–Trinajstić information content (AvgIpc) is 3.43. The molecule has 124 valence electrons. The van der Waals surface area contributed by atoms with Crippen LogP contribution in [0.3, 0.4) is 0 Å². The van der Waals surface area contributed by atoms with Crippen molar-refractivity contribution in [3.8, 4) is 0 Å². The molecule has 2 aliphatic carbocycles. The summed E-state index contributed by atoms with van der Waals surface area (Å²) in [5.74, 6) is 1.17. The van der Waals surface area contributed by atoms with Crippen molar-refractivity contribution in [2.24, 2.45) is 5.92 Å². The number of rotatable bonds is 5. The van der Waals surface area contributed by atoms with Crippen LogP contribution in [0.15, 0.2) is 24.3 Å². The SMILES string of the molecule is Cc1ccccc1C1(N[C@H]2CCC(=O)N(CC3CC3)CC2)CC1. The quantitative estimate of drug-likeness (QED) is 0.904. The van der Waals surface area contributed by atoms with E-state index in [2.05, 4.69) is 41.4 Å². The smallest absolute Gasteiger partial charge is 0.222 e. The van der Waals surface area contributed by atoms with Gasteiger partial charge in [-0.25, -0.2) is 0 Å². The Labute approximate surface area is 139 Å². The molecule has 0 unspecified atom stereocenters. The van der Waals surface area contributed by atoms with Crippen molar-refractivity contribution < 1.29 is 4.79 Å². The number of nitrogens with zero attached hydrogens (tertiary/aromatic N) is 1. The number of amides is 1. The fourth-order valence-corrected chi connectivity index (χ4v) is 4.10. The Kier molecular flexibility index (Phi) is 3.92. The van der Waals surface area contributed by atoms with Crippen molar-refractivity contribution in [2.45, 2.75) is 63.5 Å². The Morgan fingerprint density at radius 2 is 1.96 bits per heavy atom. The largest absolute Gasteiger partial charge is 0.342 e. The summed E-state index contributed by atoms with van der Waals surface area (Å²) in [6, 6.07) is 9.24. The van der Waals surface area contributed by atoms with Crippen LogP contribution < -0.4 is 5.32 Å². The number of benzene rings is 1. The Balaban J connectivity index is 1.41. The zero-order valence-corrected chi connectivity index (χ0v) is 14.2. The van der Waals surface area contributed by atoms with Crippen molar-refractivity contribution in [3.63, 3.8) is 0 Å². The van der Waals surface area contributed by atoms with Gasteiger partial charge in [-0.15, -0.1) is 0 Å². The molecule has 1 amide bonds. The Bertz CT molecular complexity index is 589. The minimum absolute atomic E-state index is 0.185. The van der Waals surface area contributed by atoms with Crippen LogP contribution in [0.25, 0.3) is 0 Å². The van der Waals surface area contributed by atoms with Gasteiger partial charge < -0.3 is 10.2 Å². The van der Waals surface area contributed by atoms with Crippen molar-refractivity contribution in [1.29, 1.82) is 0 Å². The molecule has 4 rings (SSSR count). The monoisotopic (exact) mass is 312 g/mol. The van der Waals surface area contributed by atoms with Gasteiger partial charge in [-0.2, -0.15) is 0 Å². The molecule has 1 aromatic rings. The van der Waals surface area contributed by atoms with Crippen LogP contribution in [0.2, 0.25) is 0 Å². The Hall–Kier alpha value is -1.35. The van der Waals surface area contributed by atoms with E-state index in [1.54, 1.807) is 0 Å². The number of aryl methyl sites for hydroxylation is 1. The number of hydrogen-bond acceptors (Lipinski definition) is 2. The van der Waals surface area contributed by atoms with Gasteiger partial charge in [0.1, 0.15) is 0 Å². The highest BCUT2D eigenvalue weighted by molar-refractivity contribution is 5.76. The fourth-order valence-electron chi connectivity index (χ4n) is 4.10. The van der Waals surface area contributed by atoms with Crippen LogP contribution in [-0.4, -0.2) is 29.9 Å². The molecule has 3 aliphatic rings. The first-order valence-corrected chi connectivity index (χ1v) is 9.28. The van der Waals surface area contributed by atoms with Crippen LogP contribution in [0.1, 0.15) is 56.1 Å². The first kappa shape index (κ1) is 15.2. The highest BCUT2D eigenvalue weighted by Gasteiger charge is 2.46. The first-order chi connectivity index (χ1) is 11.2. The van der Waals surface area contributed by atoms with Gasteiger partial charge in [0, 0.05) is 31.1 Å². The topological polar surface area (TPSA) is 32.3 Å². The van der Waals surface area contributed by atoms with Crippen LogP contribution in [0.5, 0.6) is 0 Å². The van der Waals surface area contributed by atoms with E-state index in [0.717, 1.165) is 31.8 Å². The lowest BCUT2D eigenvalue weighted by molar-refractivity contribution is -0.130. The van der Waals surface area contributed by atoms with Gasteiger partial charge >= 0.3 is 0 Å². The van der Waals surface area contributed by atoms with Crippen LogP contribution in [0.4, 0.5) is 0 Å². The van der Waals surface area contributed by atoms with Crippen molar-refractivity contribution in [2.75, 3.05) is 13.1 Å². The van der Waals surface area contributed by atoms with Crippen LogP contribution >= 0.6 is 0 Å². The summed E-state index contributed by atoms with van der Waals surface area (Å²) in [6.07, 6.45) is 7.92. The normalized spacial score (nSPS) is 26.9. The molecule has 1 aromatic carbocycles. The van der Waals surface area contributed by atoms with Gasteiger partial charge in [0.25, 0.3) is 0 Å². The maximum Gasteiger partial charge on any atom is 0.222 e. The fraction of sp³-hybridized carbons (Fsp3) is 0.650. The molecule has 2 saturated carbocycles. The molecule has 0 bridgehead atoms. The summed E-state index contributed by atoms with van der Waals surface area (Å²) in [7, 11) is 0. The second kappa shape index (κ2) is 5.94. The van der Waals surface area contributed by atoms with E-state index in [1.807, 2.05) is 0 Å². The summed E-state index contributed by atoms with van der Waals surface area (Å²) in [6.45, 7) is 4.16. The molecule has 3 heteroatoms. The predicted molar refractivity (Wildman–Crippen MR) is 92.2 cm³/mol. The number of carbonyl (C=O) groups is 1. The highest BCUT2D eigenvalue weighted by atomic mass is 16.2. The second-order valence-electron chi connectivity index (χ2n) is 7.85. The number of carbonyl (C=O) groups excluding carboxylic acids is 1. The van der Waals surface area contributed by atoms with E-state index in [-0.39, 0.29) is 5.54 Å². The molecular weight excluding hydrogens is 284 g/mol. The third-order valence-corrected chi connectivity index (χ3v) is 5.87. The summed E-state index contributed by atoms with van der Waals surface area (Å²) >= 11 is 0. The molecule has 0 radical (unpaired) electrons. The van der Waals surface area contributed by atoms with Gasteiger partial charge in [-0.3, -0.25) is 4.79 Å². The van der Waals surface area contributed by atoms with Crippen molar-refractivity contribution >= 4 is 5.91 Å². The van der Waals surface area contributed by atoms with E-state index in [9.17, 15) is 4.79 Å². The number of nitrogens with one attached hydrogen (secondary N) is 1. The lowest BCUT2D eigenvalue weighted by Crippen LogP contribution is -2.39. The number of likely N-dealkylation sites (tertiary alicyclic amines) is 1. The van der Waals surface area contributed by atoms with E-state index in [1.165, 1.54) is 36.8 Å². The zero-order valence-electron chi connectivity index (χ0n) is 14.2. The third-order valence-electron chi connectivity index (χ3n) is 5.87. The molecule has 0 aromatic heterocycles. The Morgan fingerprint density at radius 1 is 1.17 bits per heavy atom. The van der Waals surface area contributed by atoms with Crippen LogP contribution in [-0.2, 0) is 10.3 Å². The molecule has 1 atom stereocenters. The van der Waals surface area contributed by atoms with Gasteiger partial charge in [0.2, 0.25) is 5.91 Å². The summed E-state index contributed by atoms with van der Waals surface area (Å²) in [4.78, 5) is 14.5. The van der Waals surface area contributed by atoms with Gasteiger partial charge in [-0.1, -0.05) is 24.3 Å². The Morgan fingerprint density at radius 3 is 2.65 bits per heavy atom. The summed E-state index contributed by atoms with van der Waals surface area (Å²) < 4.78 is 0. The third kappa shape index (κ3) is 3.30. The second-order valence-corrected chi connectivity index (χ2v) is 7.85. The lowest BCUT2D eigenvalue weighted by Gasteiger charge is -2.26. The van der Waals surface area contributed by atoms with E-state index in [4.69, 9.17) is 0 Å². The molecular formula is C20H28N2O. The van der Waals surface area contributed by atoms with E-state index < -0.39 is 0 Å². The molecule has 3 nitrogen and oxygen atoms in total. The zero-order chi connectivity index (χ0) is 15.9. The van der Waals surface area contributed by atoms with Gasteiger partial charge in [0.05, 0.1) is 0 Å². The predicted octanol–water partition coefficient (Wildman–Crippen LogP) is 3.36. The van der Waals surface area contributed by atoms with Crippen molar-refractivity contribution in [1.82, 2.24) is 10.2 Å². The molecule has 3 fully saturated rings. The van der Waals surface area contributed by atoms with Gasteiger partial charge in [0.15, 0.2) is 0 Å². The van der Waals surface area contributed by atoms with E-state index >= 15 is 0 Å². The summed E-state index contributed by atoms with van der Waals surface area (Å²) in [5.41, 5.74) is 3.04. The molecule has 23 heavy (non-hydrogen) atoms. The summed E-state index contributed by atoms with van der Waals surface area (Å²) in [5, 5.41) is 3.93. The van der Waals surface area contributed by atoms with Crippen LogP contribution in [0, 0.1) is 12.8 Å². The minimum Gasteiger partial charge on any atom is -0.342 e. The lowest BCUT2D eigenvalue weighted by atomic mass is 9.97. The standard InChI is InChI=1S/C20H28N2O/c1-15-4-2-3-5-18(15)20(11-12-20)21-17-8-9-19(23)22(13-10-17)14-16-6-7-16/h2-5,16-17,21H,6-14H2,1H3/t17-/m0/s1. The molecule has 0 spiro atoms. The average molecular weight is 312 g/mol.